The SMILES string of the molecule is N=[S-](F)=[W]. The van der Waals surface area contributed by atoms with Crippen molar-refractivity contribution < 1.29 is 21.9 Å². The molecule has 0 atom stereocenters. The van der Waals surface area contributed by atoms with Gasteiger partial charge in [-0.15, -0.1) is 0 Å². The molecule has 0 fully saturated rings. The van der Waals surface area contributed by atoms with Crippen LogP contribution >= 0.6 is 0 Å². The summed E-state index contributed by atoms with van der Waals surface area (Å²) in [4.78, 5) is 0. The monoisotopic (exact) mass is 250 g/mol. The van der Waals surface area contributed by atoms with Gasteiger partial charge in [-0.25, -0.2) is 0 Å². The number of halogens is 1. The predicted molar refractivity (Wildman–Crippen MR) is 11.2 cm³/mol. The molecule has 4 heavy (non-hydrogen) atoms. The first kappa shape index (κ1) is 4.77. The molecule has 0 aromatic rings. The summed E-state index contributed by atoms with van der Waals surface area (Å²) in [5.41, 5.74) is 0. The maximum absolute atomic E-state index is 10.7. The van der Waals surface area contributed by atoms with Crippen molar-refractivity contribution in [2.45, 2.75) is 0 Å². The molecule has 0 aromatic carbocycles. The third-order valence-corrected chi connectivity index (χ3v) is 0. The molecule has 1 N–H and O–H groups in total. The summed E-state index contributed by atoms with van der Waals surface area (Å²) in [6.45, 7) is 0. The van der Waals surface area contributed by atoms with Gasteiger partial charge in [0.15, 0.2) is 0 Å². The van der Waals surface area contributed by atoms with Gasteiger partial charge in [-0.2, -0.15) is 0 Å². The molecule has 0 aliphatic rings. The van der Waals surface area contributed by atoms with Gasteiger partial charge in [0, 0.05) is 0 Å². The van der Waals surface area contributed by atoms with Crippen LogP contribution in [0, 0.1) is 4.78 Å². The van der Waals surface area contributed by atoms with Crippen LogP contribution in [0.2, 0.25) is 0 Å². The number of rotatable bonds is 0. The number of hydrogen-bond donors (Lipinski definition) is 1. The molecule has 0 unspecified atom stereocenters. The zero-order valence-electron chi connectivity index (χ0n) is 1.69. The molecule has 0 saturated heterocycles. The molecule has 0 spiro atoms. The molecule has 0 aromatic heterocycles. The van der Waals surface area contributed by atoms with Crippen molar-refractivity contribution >= 4 is 8.27 Å². The third-order valence-electron chi connectivity index (χ3n) is 0. The van der Waals surface area contributed by atoms with Crippen LogP contribution < -0.4 is 0 Å². The van der Waals surface area contributed by atoms with Gasteiger partial charge in [-0.3, -0.25) is 0 Å². The Labute approximate surface area is 35.3 Å². The Morgan fingerprint density at radius 1 is 2.00 bits per heavy atom. The second kappa shape index (κ2) is 2.03. The van der Waals surface area contributed by atoms with E-state index >= 15 is 0 Å². The van der Waals surface area contributed by atoms with Gasteiger partial charge in [-0.1, -0.05) is 0 Å². The van der Waals surface area contributed by atoms with Crippen LogP contribution in [-0.4, -0.2) is 0 Å². The molecule has 0 radical (unpaired) electrons. The summed E-state index contributed by atoms with van der Waals surface area (Å²) < 4.78 is 16.7. The van der Waals surface area contributed by atoms with E-state index in [-0.39, 0.29) is 0 Å². The Morgan fingerprint density at radius 3 is 2.00 bits per heavy atom. The van der Waals surface area contributed by atoms with Crippen LogP contribution in [0.1, 0.15) is 0 Å². The average molecular weight is 250 g/mol. The molecule has 0 amide bonds. The van der Waals surface area contributed by atoms with Crippen LogP contribution in [0.3, 0.4) is 0 Å². The fraction of sp³-hybridized carbons (Fsp3) is 0. The normalized spacial score (nSPS) is 8.50. The van der Waals surface area contributed by atoms with E-state index in [0.29, 0.717) is 18.0 Å². The Balaban J connectivity index is 3.51. The first-order valence-electron chi connectivity index (χ1n) is 0.525. The van der Waals surface area contributed by atoms with Gasteiger partial charge in [0.25, 0.3) is 0 Å². The molecule has 0 saturated carbocycles. The predicted octanol–water partition coefficient (Wildman–Crippen LogP) is 0.713. The molecule has 0 bridgehead atoms. The summed E-state index contributed by atoms with van der Waals surface area (Å²) in [6.07, 6.45) is 0. The summed E-state index contributed by atoms with van der Waals surface area (Å²) in [5, 5.41) is 0. The molecule has 0 aliphatic heterocycles. The van der Waals surface area contributed by atoms with E-state index in [2.05, 4.69) is 0 Å². The third kappa shape index (κ3) is 14.7. The summed E-state index contributed by atoms with van der Waals surface area (Å²) >= 11 is 0.704. The molecule has 1 nitrogen and oxygen atoms in total. The van der Waals surface area contributed by atoms with E-state index in [1.54, 1.807) is 0 Å². The molecular formula is HFNSW-. The fourth-order valence-corrected chi connectivity index (χ4v) is 0. The summed E-state index contributed by atoms with van der Waals surface area (Å²) in [7, 11) is -1.53. The van der Waals surface area contributed by atoms with Crippen LogP contribution in [0.4, 0.5) is 3.89 Å². The standard InChI is InChI=1S/FHNS.W/c1-3-2;/h2H;/q+1;-2. The molecule has 0 rings (SSSR count). The first-order chi connectivity index (χ1) is 1.73. The second-order valence-corrected chi connectivity index (χ2v) is 3.82. The van der Waals surface area contributed by atoms with Crippen LogP contribution in [0.5, 0.6) is 0 Å². The van der Waals surface area contributed by atoms with Gasteiger partial charge in [0.05, 0.1) is 0 Å². The van der Waals surface area contributed by atoms with Crippen molar-refractivity contribution in [3.05, 3.63) is 0 Å². The molecule has 4 heteroatoms. The van der Waals surface area contributed by atoms with E-state index in [4.69, 9.17) is 4.78 Å². The van der Waals surface area contributed by atoms with Crippen molar-refractivity contribution in [2.75, 3.05) is 0 Å². The number of nitrogens with one attached hydrogen (secondary N) is 1. The Hall–Kier alpha value is 0.768. The van der Waals surface area contributed by atoms with E-state index < -0.39 is 8.27 Å². The van der Waals surface area contributed by atoms with Crippen LogP contribution in [-0.2, 0) is 26.3 Å². The molecule has 0 heterocycles. The zero-order chi connectivity index (χ0) is 3.58. The van der Waals surface area contributed by atoms with Crippen molar-refractivity contribution in [1.29, 1.82) is 4.78 Å². The van der Waals surface area contributed by atoms with Gasteiger partial charge < -0.3 is 0 Å². The first-order valence-corrected chi connectivity index (χ1v) is 5.17. The van der Waals surface area contributed by atoms with Gasteiger partial charge in [0.1, 0.15) is 0 Å². The summed E-state index contributed by atoms with van der Waals surface area (Å²) in [6, 6.07) is 0. The minimum atomic E-state index is -1.53. The second-order valence-electron chi connectivity index (χ2n) is 0.223. The van der Waals surface area contributed by atoms with Crippen molar-refractivity contribution in [3.8, 4) is 0 Å². The molecule has 0 aliphatic carbocycles. The molecular weight excluding hydrogens is 249 g/mol. The Morgan fingerprint density at radius 2 is 2.00 bits per heavy atom. The molecule has 26 valence electrons. The number of hydrogen-bond acceptors (Lipinski definition) is 2. The van der Waals surface area contributed by atoms with Crippen molar-refractivity contribution in [3.63, 3.8) is 0 Å². The van der Waals surface area contributed by atoms with E-state index in [9.17, 15) is 3.89 Å². The Bertz CT molecular complexity index is 56.4. The topological polar surface area (TPSA) is 23.9 Å². The fourth-order valence-electron chi connectivity index (χ4n) is 0. The van der Waals surface area contributed by atoms with E-state index in [0.717, 1.165) is 0 Å². The Kier molecular flexibility index (Phi) is 2.42. The van der Waals surface area contributed by atoms with Crippen LogP contribution in [0.25, 0.3) is 0 Å². The van der Waals surface area contributed by atoms with Gasteiger partial charge in [-0.05, 0) is 0 Å². The van der Waals surface area contributed by atoms with Gasteiger partial charge >= 0.3 is 34.9 Å². The maximum atomic E-state index is 10.7. The quantitative estimate of drug-likeness (QED) is 0.612. The summed E-state index contributed by atoms with van der Waals surface area (Å²) in [5.74, 6) is 0. The van der Waals surface area contributed by atoms with E-state index in [1.165, 1.54) is 0 Å². The minimum absolute atomic E-state index is 0.704. The van der Waals surface area contributed by atoms with Gasteiger partial charge in [0.2, 0.25) is 0 Å². The zero-order valence-corrected chi connectivity index (χ0v) is 5.44. The van der Waals surface area contributed by atoms with Crippen LogP contribution in [0.15, 0.2) is 0 Å². The van der Waals surface area contributed by atoms with E-state index in [1.807, 2.05) is 0 Å². The van der Waals surface area contributed by atoms with Crippen molar-refractivity contribution in [2.24, 2.45) is 0 Å². The van der Waals surface area contributed by atoms with Crippen molar-refractivity contribution in [1.82, 2.24) is 0 Å². The average Bonchev–Trinajstić information content (AvgIpc) is 0.811.